The van der Waals surface area contributed by atoms with Gasteiger partial charge in [0.2, 0.25) is 0 Å². The van der Waals surface area contributed by atoms with Gasteiger partial charge in [-0.15, -0.1) is 0 Å². The zero-order valence-corrected chi connectivity index (χ0v) is 11.7. The smallest absolute Gasteiger partial charge is 0.0409 e. The van der Waals surface area contributed by atoms with Gasteiger partial charge in [0.05, 0.1) is 0 Å². The molecule has 19 heavy (non-hydrogen) atoms. The molecule has 2 heteroatoms. The molecule has 2 aromatic rings. The molecule has 1 unspecified atom stereocenters. The molecule has 0 aromatic heterocycles. The van der Waals surface area contributed by atoms with Crippen molar-refractivity contribution in [2.45, 2.75) is 31.8 Å². The van der Waals surface area contributed by atoms with Crippen LogP contribution in [0.2, 0.25) is 5.02 Å². The number of hydrogen-bond acceptors (Lipinski definition) is 1. The maximum atomic E-state index is 6.02. The molecule has 0 heterocycles. The quantitative estimate of drug-likeness (QED) is 0.866. The summed E-state index contributed by atoms with van der Waals surface area (Å²) in [5.74, 6) is 0. The second-order valence-corrected chi connectivity index (χ2v) is 5.59. The molecule has 0 aliphatic heterocycles. The molecule has 98 valence electrons. The molecular weight excluding hydrogens is 254 g/mol. The third-order valence-corrected chi connectivity index (χ3v) is 4.05. The first-order valence-electron chi connectivity index (χ1n) is 6.88. The van der Waals surface area contributed by atoms with Crippen LogP contribution in [-0.2, 0) is 13.0 Å². The highest BCUT2D eigenvalue weighted by atomic mass is 35.5. The minimum Gasteiger partial charge on any atom is -0.306 e. The van der Waals surface area contributed by atoms with Crippen molar-refractivity contribution in [2.24, 2.45) is 0 Å². The van der Waals surface area contributed by atoms with Gasteiger partial charge in [0.25, 0.3) is 0 Å². The Bertz CT molecular complexity index is 565. The topological polar surface area (TPSA) is 12.0 Å². The fraction of sp³-hybridized carbons (Fsp3) is 0.294. The first kappa shape index (κ1) is 12.7. The van der Waals surface area contributed by atoms with E-state index >= 15 is 0 Å². The summed E-state index contributed by atoms with van der Waals surface area (Å²) >= 11 is 6.02. The summed E-state index contributed by atoms with van der Waals surface area (Å²) in [4.78, 5) is 0. The zero-order chi connectivity index (χ0) is 13.1. The first-order valence-corrected chi connectivity index (χ1v) is 7.26. The summed E-state index contributed by atoms with van der Waals surface area (Å²) in [6.45, 7) is 0.875. The first-order chi connectivity index (χ1) is 9.33. The zero-order valence-electron chi connectivity index (χ0n) is 10.9. The summed E-state index contributed by atoms with van der Waals surface area (Å²) in [7, 11) is 0. The van der Waals surface area contributed by atoms with Crippen molar-refractivity contribution in [3.05, 3.63) is 70.2 Å². The van der Waals surface area contributed by atoms with Gasteiger partial charge in [-0.05, 0) is 48.1 Å². The van der Waals surface area contributed by atoms with Gasteiger partial charge in [-0.2, -0.15) is 0 Å². The number of halogens is 1. The molecule has 1 N–H and O–H groups in total. The van der Waals surface area contributed by atoms with Gasteiger partial charge < -0.3 is 5.32 Å². The second-order valence-electron chi connectivity index (χ2n) is 5.15. The van der Waals surface area contributed by atoms with E-state index in [1.807, 2.05) is 18.2 Å². The lowest BCUT2D eigenvalue weighted by Gasteiger charge is -2.26. The van der Waals surface area contributed by atoms with E-state index in [0.29, 0.717) is 6.04 Å². The van der Waals surface area contributed by atoms with Gasteiger partial charge in [0, 0.05) is 17.6 Å². The van der Waals surface area contributed by atoms with Gasteiger partial charge in [-0.25, -0.2) is 0 Å². The molecule has 3 rings (SSSR count). The minimum atomic E-state index is 0.476. The van der Waals surface area contributed by atoms with Crippen LogP contribution in [0.3, 0.4) is 0 Å². The molecule has 0 spiro atoms. The van der Waals surface area contributed by atoms with Crippen LogP contribution in [0.5, 0.6) is 0 Å². The van der Waals surface area contributed by atoms with Crippen LogP contribution in [0.4, 0.5) is 0 Å². The second kappa shape index (κ2) is 5.77. The van der Waals surface area contributed by atoms with Crippen molar-refractivity contribution in [2.75, 3.05) is 0 Å². The molecule has 1 atom stereocenters. The fourth-order valence-corrected chi connectivity index (χ4v) is 3.07. The Morgan fingerprint density at radius 1 is 1.11 bits per heavy atom. The van der Waals surface area contributed by atoms with Gasteiger partial charge >= 0.3 is 0 Å². The number of nitrogens with one attached hydrogen (secondary N) is 1. The number of aryl methyl sites for hydroxylation is 1. The van der Waals surface area contributed by atoms with Crippen LogP contribution in [0.1, 0.15) is 35.6 Å². The molecule has 0 saturated carbocycles. The fourth-order valence-electron chi connectivity index (χ4n) is 2.85. The van der Waals surface area contributed by atoms with E-state index in [0.717, 1.165) is 11.6 Å². The third-order valence-electron chi connectivity index (χ3n) is 3.81. The van der Waals surface area contributed by atoms with E-state index in [9.17, 15) is 0 Å². The van der Waals surface area contributed by atoms with Crippen LogP contribution >= 0.6 is 11.6 Å². The Morgan fingerprint density at radius 2 is 2.00 bits per heavy atom. The molecule has 0 fully saturated rings. The highest BCUT2D eigenvalue weighted by molar-refractivity contribution is 6.30. The molecule has 1 aliphatic rings. The van der Waals surface area contributed by atoms with Crippen molar-refractivity contribution in [1.29, 1.82) is 0 Å². The number of benzene rings is 2. The third kappa shape index (κ3) is 2.99. The molecule has 2 aromatic carbocycles. The lowest BCUT2D eigenvalue weighted by molar-refractivity contribution is 0.459. The maximum absolute atomic E-state index is 6.02. The molecule has 0 bridgehead atoms. The summed E-state index contributed by atoms with van der Waals surface area (Å²) in [6.07, 6.45) is 3.70. The van der Waals surface area contributed by atoms with E-state index in [2.05, 4.69) is 35.6 Å². The van der Waals surface area contributed by atoms with Crippen LogP contribution in [0, 0.1) is 0 Å². The van der Waals surface area contributed by atoms with E-state index in [-0.39, 0.29) is 0 Å². The molecule has 1 nitrogen and oxygen atoms in total. The molecule has 1 aliphatic carbocycles. The van der Waals surface area contributed by atoms with Crippen molar-refractivity contribution >= 4 is 11.6 Å². The highest BCUT2D eigenvalue weighted by Gasteiger charge is 2.18. The minimum absolute atomic E-state index is 0.476. The molecule has 0 saturated heterocycles. The van der Waals surface area contributed by atoms with Crippen LogP contribution < -0.4 is 5.32 Å². The monoisotopic (exact) mass is 271 g/mol. The Morgan fingerprint density at radius 3 is 2.89 bits per heavy atom. The summed E-state index contributed by atoms with van der Waals surface area (Å²) in [5, 5.41) is 4.47. The average Bonchev–Trinajstić information content (AvgIpc) is 2.45. The maximum Gasteiger partial charge on any atom is 0.0409 e. The SMILES string of the molecule is Clc1cccc(CNC2CCCc3ccccc32)c1. The Labute approximate surface area is 119 Å². The van der Waals surface area contributed by atoms with Gasteiger partial charge in [-0.1, -0.05) is 48.0 Å². The standard InChI is InChI=1S/C17H18ClN/c18-15-8-3-5-13(11-15)12-19-17-10-4-7-14-6-1-2-9-16(14)17/h1-3,5-6,8-9,11,17,19H,4,7,10,12H2. The van der Waals surface area contributed by atoms with Crippen LogP contribution in [0.15, 0.2) is 48.5 Å². The van der Waals surface area contributed by atoms with Crippen molar-refractivity contribution in [3.63, 3.8) is 0 Å². The predicted molar refractivity (Wildman–Crippen MR) is 80.4 cm³/mol. The lowest BCUT2D eigenvalue weighted by atomic mass is 9.87. The highest BCUT2D eigenvalue weighted by Crippen LogP contribution is 2.29. The summed E-state index contributed by atoms with van der Waals surface area (Å²) in [6, 6.07) is 17.3. The van der Waals surface area contributed by atoms with Gasteiger partial charge in [0.1, 0.15) is 0 Å². The largest absolute Gasteiger partial charge is 0.306 e. The van der Waals surface area contributed by atoms with Crippen LogP contribution in [0.25, 0.3) is 0 Å². The van der Waals surface area contributed by atoms with Gasteiger partial charge in [0.15, 0.2) is 0 Å². The molecule has 0 amide bonds. The molecular formula is C17H18ClN. The normalized spacial score (nSPS) is 18.1. The Hall–Kier alpha value is -1.31. The van der Waals surface area contributed by atoms with Crippen LogP contribution in [-0.4, -0.2) is 0 Å². The predicted octanol–water partition coefficient (Wildman–Crippen LogP) is 4.51. The van der Waals surface area contributed by atoms with E-state index in [1.54, 1.807) is 0 Å². The lowest BCUT2D eigenvalue weighted by Crippen LogP contribution is -2.24. The summed E-state index contributed by atoms with van der Waals surface area (Å²) < 4.78 is 0. The Balaban J connectivity index is 1.71. The van der Waals surface area contributed by atoms with Crippen molar-refractivity contribution in [3.8, 4) is 0 Å². The van der Waals surface area contributed by atoms with E-state index in [4.69, 9.17) is 11.6 Å². The van der Waals surface area contributed by atoms with Crippen molar-refractivity contribution in [1.82, 2.24) is 5.32 Å². The number of fused-ring (bicyclic) bond motifs is 1. The Kier molecular flexibility index (Phi) is 3.86. The van der Waals surface area contributed by atoms with E-state index < -0.39 is 0 Å². The number of rotatable bonds is 3. The van der Waals surface area contributed by atoms with Crippen molar-refractivity contribution < 1.29 is 0 Å². The van der Waals surface area contributed by atoms with E-state index in [1.165, 1.54) is 36.0 Å². The molecule has 0 radical (unpaired) electrons. The summed E-state index contributed by atoms with van der Waals surface area (Å²) in [5.41, 5.74) is 4.21. The van der Waals surface area contributed by atoms with Gasteiger partial charge in [-0.3, -0.25) is 0 Å². The average molecular weight is 272 g/mol. The number of hydrogen-bond donors (Lipinski definition) is 1.